The molecule has 3 rings (SSSR count). The summed E-state index contributed by atoms with van der Waals surface area (Å²) in [6, 6.07) is 4.61. The third-order valence-corrected chi connectivity index (χ3v) is 4.91. The minimum atomic E-state index is -1.22. The van der Waals surface area contributed by atoms with Crippen LogP contribution in [-0.4, -0.2) is 26.7 Å². The number of carboxylic acids is 1. The lowest BCUT2D eigenvalue weighted by Crippen LogP contribution is -2.16. The topological polar surface area (TPSA) is 79.5 Å². The zero-order chi connectivity index (χ0) is 21.5. The lowest BCUT2D eigenvalue weighted by atomic mass is 9.92. The number of carbonyl (C=O) groups excluding carboxylic acids is 1. The first-order chi connectivity index (χ1) is 13.7. The number of fused-ring (bicyclic) bond motifs is 1. The molecule has 152 valence electrons. The number of hydrogen-bond acceptors (Lipinski definition) is 3. The monoisotopic (exact) mass is 405 g/mol. The van der Waals surface area contributed by atoms with Gasteiger partial charge >= 0.3 is 5.97 Å². The van der Waals surface area contributed by atoms with Crippen LogP contribution in [0.2, 0.25) is 0 Å². The maximum absolute atomic E-state index is 14.1. The van der Waals surface area contributed by atoms with E-state index in [1.807, 2.05) is 0 Å². The lowest BCUT2D eigenvalue weighted by molar-refractivity contribution is -0.139. The van der Waals surface area contributed by atoms with Gasteiger partial charge in [-0.05, 0) is 43.2 Å². The molecule has 0 bridgehead atoms. The van der Waals surface area contributed by atoms with Gasteiger partial charge in [0.2, 0.25) is 0 Å². The normalized spacial score (nSPS) is 12.3. The standard InChI is InChI=1S/C21H18F3NO4/c1-3-4-12(21(28)29)19-10(2)25(17-9-16(24)18(26)8-13(17)19)20(27)11-5-6-14(22)15(23)7-11/h5-9,12,26H,3-4H2,1-2H3,(H,28,29). The van der Waals surface area contributed by atoms with Crippen LogP contribution in [-0.2, 0) is 4.79 Å². The number of carboxylic acid groups (broad SMARTS) is 1. The van der Waals surface area contributed by atoms with Gasteiger partial charge in [-0.25, -0.2) is 13.2 Å². The van der Waals surface area contributed by atoms with Crippen LogP contribution in [0.4, 0.5) is 13.2 Å². The highest BCUT2D eigenvalue weighted by Crippen LogP contribution is 2.37. The molecule has 1 unspecified atom stereocenters. The van der Waals surface area contributed by atoms with Crippen molar-refractivity contribution in [3.8, 4) is 5.75 Å². The van der Waals surface area contributed by atoms with E-state index < -0.39 is 41.0 Å². The Morgan fingerprint density at radius 1 is 1.07 bits per heavy atom. The fourth-order valence-electron chi connectivity index (χ4n) is 3.59. The van der Waals surface area contributed by atoms with Crippen LogP contribution in [0.1, 0.15) is 47.3 Å². The fraction of sp³-hybridized carbons (Fsp3) is 0.238. The van der Waals surface area contributed by atoms with Crippen molar-refractivity contribution < 1.29 is 33.0 Å². The van der Waals surface area contributed by atoms with Gasteiger partial charge < -0.3 is 10.2 Å². The van der Waals surface area contributed by atoms with Crippen molar-refractivity contribution >= 4 is 22.8 Å². The number of aromatic hydroxyl groups is 1. The summed E-state index contributed by atoms with van der Waals surface area (Å²) in [7, 11) is 0. The van der Waals surface area contributed by atoms with Crippen molar-refractivity contribution in [2.45, 2.75) is 32.6 Å². The van der Waals surface area contributed by atoms with Crippen LogP contribution >= 0.6 is 0 Å². The second kappa shape index (κ2) is 7.62. The van der Waals surface area contributed by atoms with Gasteiger partial charge in [-0.3, -0.25) is 14.2 Å². The summed E-state index contributed by atoms with van der Waals surface area (Å²) in [5.41, 5.74) is 0.331. The molecule has 0 spiro atoms. The molecular weight excluding hydrogens is 387 g/mol. The summed E-state index contributed by atoms with van der Waals surface area (Å²) in [6.45, 7) is 3.29. The van der Waals surface area contributed by atoms with E-state index in [0.29, 0.717) is 6.42 Å². The summed E-state index contributed by atoms with van der Waals surface area (Å²) in [4.78, 5) is 24.9. The summed E-state index contributed by atoms with van der Waals surface area (Å²) < 4.78 is 42.0. The maximum atomic E-state index is 14.1. The van der Waals surface area contributed by atoms with Gasteiger partial charge in [-0.2, -0.15) is 0 Å². The minimum absolute atomic E-state index is 0.0323. The van der Waals surface area contributed by atoms with Gasteiger partial charge in [0.1, 0.15) is 0 Å². The molecule has 2 aromatic carbocycles. The van der Waals surface area contributed by atoms with Crippen LogP contribution in [0.25, 0.3) is 10.9 Å². The van der Waals surface area contributed by atoms with Gasteiger partial charge in [0.05, 0.1) is 11.4 Å². The molecule has 1 atom stereocenters. The predicted octanol–water partition coefficient (Wildman–Crippen LogP) is 4.73. The van der Waals surface area contributed by atoms with E-state index in [1.54, 1.807) is 6.92 Å². The number of phenols is 1. The van der Waals surface area contributed by atoms with Crippen LogP contribution in [0.3, 0.4) is 0 Å². The molecule has 5 nitrogen and oxygen atoms in total. The third-order valence-electron chi connectivity index (χ3n) is 4.91. The number of carbonyl (C=O) groups is 2. The largest absolute Gasteiger partial charge is 0.505 e. The van der Waals surface area contributed by atoms with E-state index in [9.17, 15) is 33.0 Å². The van der Waals surface area contributed by atoms with Crippen molar-refractivity contribution in [2.75, 3.05) is 0 Å². The highest BCUT2D eigenvalue weighted by atomic mass is 19.2. The van der Waals surface area contributed by atoms with Gasteiger partial charge in [0.15, 0.2) is 23.2 Å². The average Bonchev–Trinajstić information content (AvgIpc) is 2.92. The Bertz CT molecular complexity index is 1140. The van der Waals surface area contributed by atoms with Gasteiger partial charge in [0.25, 0.3) is 5.91 Å². The first kappa shape index (κ1) is 20.4. The molecule has 1 heterocycles. The van der Waals surface area contributed by atoms with Crippen molar-refractivity contribution in [3.05, 3.63) is 64.6 Å². The summed E-state index contributed by atoms with van der Waals surface area (Å²) in [5, 5.41) is 19.7. The molecule has 3 aromatic rings. The van der Waals surface area contributed by atoms with Crippen LogP contribution in [0.5, 0.6) is 5.75 Å². The van der Waals surface area contributed by atoms with Crippen LogP contribution in [0, 0.1) is 24.4 Å². The molecule has 8 heteroatoms. The number of aliphatic carboxylic acids is 1. The Kier molecular flexibility index (Phi) is 5.37. The molecular formula is C21H18F3NO4. The molecule has 1 aromatic heterocycles. The van der Waals surface area contributed by atoms with E-state index in [4.69, 9.17) is 0 Å². The highest BCUT2D eigenvalue weighted by Gasteiger charge is 2.30. The molecule has 0 aliphatic carbocycles. The van der Waals surface area contributed by atoms with Gasteiger partial charge in [-0.15, -0.1) is 0 Å². The zero-order valence-electron chi connectivity index (χ0n) is 15.7. The third kappa shape index (κ3) is 3.46. The molecule has 0 radical (unpaired) electrons. The quantitative estimate of drug-likeness (QED) is 0.643. The lowest BCUT2D eigenvalue weighted by Gasteiger charge is -2.13. The summed E-state index contributed by atoms with van der Waals surface area (Å²) in [6.07, 6.45) is 0.792. The molecule has 0 aliphatic rings. The first-order valence-corrected chi connectivity index (χ1v) is 8.93. The average molecular weight is 405 g/mol. The molecule has 2 N–H and O–H groups in total. The van der Waals surface area contributed by atoms with E-state index in [0.717, 1.165) is 34.9 Å². The molecule has 0 amide bonds. The Hall–Kier alpha value is -3.29. The molecule has 0 saturated carbocycles. The molecule has 0 fully saturated rings. The number of nitrogens with zero attached hydrogens (tertiary/aromatic N) is 1. The Labute approximate surface area is 164 Å². The number of phenolic OH excluding ortho intramolecular Hbond substituents is 1. The van der Waals surface area contributed by atoms with Crippen molar-refractivity contribution in [1.29, 1.82) is 0 Å². The predicted molar refractivity (Wildman–Crippen MR) is 99.7 cm³/mol. The fourth-order valence-corrected chi connectivity index (χ4v) is 3.59. The van der Waals surface area contributed by atoms with Crippen LogP contribution in [0.15, 0.2) is 30.3 Å². The number of benzene rings is 2. The van der Waals surface area contributed by atoms with Gasteiger partial charge in [0, 0.05) is 22.7 Å². The minimum Gasteiger partial charge on any atom is -0.505 e. The van der Waals surface area contributed by atoms with Crippen molar-refractivity contribution in [2.24, 2.45) is 0 Å². The number of halogens is 3. The Morgan fingerprint density at radius 3 is 2.34 bits per heavy atom. The zero-order valence-corrected chi connectivity index (χ0v) is 15.7. The Balaban J connectivity index is 2.33. The van der Waals surface area contributed by atoms with E-state index in [1.165, 1.54) is 6.92 Å². The summed E-state index contributed by atoms with van der Waals surface area (Å²) in [5.74, 6) is -6.92. The molecule has 0 aliphatic heterocycles. The highest BCUT2D eigenvalue weighted by molar-refractivity contribution is 6.05. The van der Waals surface area contributed by atoms with Crippen LogP contribution < -0.4 is 0 Å². The number of hydrogen-bond donors (Lipinski definition) is 2. The molecule has 29 heavy (non-hydrogen) atoms. The number of aromatic nitrogens is 1. The van der Waals surface area contributed by atoms with Gasteiger partial charge in [-0.1, -0.05) is 13.3 Å². The van der Waals surface area contributed by atoms with E-state index in [2.05, 4.69) is 0 Å². The summed E-state index contributed by atoms with van der Waals surface area (Å²) >= 11 is 0. The maximum Gasteiger partial charge on any atom is 0.311 e. The molecule has 0 saturated heterocycles. The second-order valence-corrected chi connectivity index (χ2v) is 6.77. The van der Waals surface area contributed by atoms with Crippen molar-refractivity contribution in [3.63, 3.8) is 0 Å². The van der Waals surface area contributed by atoms with E-state index >= 15 is 0 Å². The first-order valence-electron chi connectivity index (χ1n) is 8.93. The SMILES string of the molecule is CCCC(C(=O)O)c1c(C)n(C(=O)c2ccc(F)c(F)c2)c2cc(F)c(O)cc12. The smallest absolute Gasteiger partial charge is 0.311 e. The number of rotatable bonds is 5. The van der Waals surface area contributed by atoms with Crippen molar-refractivity contribution in [1.82, 2.24) is 4.57 Å². The van der Waals surface area contributed by atoms with E-state index in [-0.39, 0.29) is 34.1 Å². The Morgan fingerprint density at radius 2 is 1.76 bits per heavy atom. The second-order valence-electron chi connectivity index (χ2n) is 6.77.